The average molecular weight is 544 g/mol. The molecule has 3 rings (SSSR count). The first-order valence-corrected chi connectivity index (χ1v) is 14.9. The molecule has 0 fully saturated rings. The highest BCUT2D eigenvalue weighted by atomic mass is 32.2. The first-order chi connectivity index (χ1) is 17.8. The normalized spacial score (nSPS) is 11.3. The molecule has 0 aliphatic rings. The van der Waals surface area contributed by atoms with Gasteiger partial charge in [0.1, 0.15) is 0 Å². The van der Waals surface area contributed by atoms with Crippen LogP contribution in [0.4, 0.5) is 10.8 Å². The van der Waals surface area contributed by atoms with Crippen molar-refractivity contribution < 1.29 is 23.1 Å². The first kappa shape index (κ1) is 28.3. The van der Waals surface area contributed by atoms with E-state index in [1.165, 1.54) is 17.8 Å². The first-order valence-electron chi connectivity index (χ1n) is 12.4. The Bertz CT molecular complexity index is 1290. The number of amides is 1. The Morgan fingerprint density at radius 1 is 0.973 bits per heavy atom. The second-order valence-corrected chi connectivity index (χ2v) is 11.7. The average Bonchev–Trinajstić information content (AvgIpc) is 3.31. The third-order valence-electron chi connectivity index (χ3n) is 5.79. The molecule has 3 aromatic rings. The van der Waals surface area contributed by atoms with Crippen molar-refractivity contribution in [2.24, 2.45) is 0 Å². The number of carbonyl (C=O) groups excluding carboxylic acids is 1. The molecule has 0 saturated heterocycles. The highest BCUT2D eigenvalue weighted by Crippen LogP contribution is 2.24. The van der Waals surface area contributed by atoms with E-state index in [0.717, 1.165) is 31.2 Å². The van der Waals surface area contributed by atoms with E-state index < -0.39 is 15.8 Å². The lowest BCUT2D eigenvalue weighted by atomic mass is 10.1. The fourth-order valence-corrected chi connectivity index (χ4v) is 6.08. The summed E-state index contributed by atoms with van der Waals surface area (Å²) in [6, 6.07) is 13.9. The smallest absolute Gasteiger partial charge is 0.309 e. The molecule has 0 aliphatic heterocycles. The molecule has 10 heteroatoms. The summed E-state index contributed by atoms with van der Waals surface area (Å²) in [6.07, 6.45) is 5.94. The maximum atomic E-state index is 13.0. The van der Waals surface area contributed by atoms with Gasteiger partial charge in [-0.1, -0.05) is 63.3 Å². The maximum Gasteiger partial charge on any atom is 0.309 e. The van der Waals surface area contributed by atoms with Crippen molar-refractivity contribution in [1.82, 2.24) is 4.98 Å². The van der Waals surface area contributed by atoms with Crippen LogP contribution in [0, 0.1) is 0 Å². The van der Waals surface area contributed by atoms with Gasteiger partial charge in [0.25, 0.3) is 5.91 Å². The van der Waals surface area contributed by atoms with Crippen LogP contribution in [0.2, 0.25) is 0 Å². The number of para-hydroxylation sites is 1. The van der Waals surface area contributed by atoms with E-state index in [1.807, 2.05) is 0 Å². The summed E-state index contributed by atoms with van der Waals surface area (Å²) in [5, 5.41) is 16.7. The molecule has 1 amide bonds. The Morgan fingerprint density at radius 3 is 2.41 bits per heavy atom. The van der Waals surface area contributed by atoms with Crippen LogP contribution < -0.4 is 10.6 Å². The number of nitrogens with zero attached hydrogens (tertiary/aromatic N) is 1. The van der Waals surface area contributed by atoms with Crippen molar-refractivity contribution in [3.8, 4) is 0 Å². The molecule has 198 valence electrons. The number of hydrogen-bond donors (Lipinski definition) is 3. The van der Waals surface area contributed by atoms with E-state index >= 15 is 0 Å². The topological polar surface area (TPSA) is 125 Å². The summed E-state index contributed by atoms with van der Waals surface area (Å²) in [5.74, 6) is -1.19. The minimum Gasteiger partial charge on any atom is -0.481 e. The SMILES string of the molecule is CCCCCCCCS(=O)(=O)c1ccccc1NCc1ccc(C(=O)Nc2nc(CC(=O)O)cs2)cc1. The zero-order chi connectivity index (χ0) is 26.7. The fraction of sp³-hybridized carbons (Fsp3) is 0.370. The lowest BCUT2D eigenvalue weighted by molar-refractivity contribution is -0.136. The van der Waals surface area contributed by atoms with Crippen LogP contribution in [0.5, 0.6) is 0 Å². The number of benzene rings is 2. The molecule has 0 radical (unpaired) electrons. The largest absolute Gasteiger partial charge is 0.481 e. The number of unbranched alkanes of at least 4 members (excludes halogenated alkanes) is 5. The Balaban J connectivity index is 1.55. The molecule has 0 unspecified atom stereocenters. The second kappa shape index (κ2) is 13.9. The zero-order valence-electron chi connectivity index (χ0n) is 20.9. The number of hydrogen-bond acceptors (Lipinski definition) is 7. The lowest BCUT2D eigenvalue weighted by Crippen LogP contribution is -2.12. The summed E-state index contributed by atoms with van der Waals surface area (Å²) in [5.41, 5.74) is 2.28. The van der Waals surface area contributed by atoms with Crippen molar-refractivity contribution in [3.63, 3.8) is 0 Å². The van der Waals surface area contributed by atoms with E-state index in [9.17, 15) is 18.0 Å². The molecule has 2 aromatic carbocycles. The number of rotatable bonds is 15. The minimum absolute atomic E-state index is 0.137. The van der Waals surface area contributed by atoms with E-state index in [0.29, 0.717) is 39.9 Å². The van der Waals surface area contributed by atoms with Gasteiger partial charge in [-0.05, 0) is 36.2 Å². The van der Waals surface area contributed by atoms with Crippen LogP contribution in [0.15, 0.2) is 58.8 Å². The van der Waals surface area contributed by atoms with E-state index in [1.54, 1.807) is 53.9 Å². The molecule has 0 saturated carbocycles. The van der Waals surface area contributed by atoms with Gasteiger partial charge in [0.15, 0.2) is 15.0 Å². The molecule has 3 N–H and O–H groups in total. The van der Waals surface area contributed by atoms with Gasteiger partial charge in [-0.15, -0.1) is 11.3 Å². The number of carboxylic acids is 1. The van der Waals surface area contributed by atoms with E-state index in [-0.39, 0.29) is 18.1 Å². The lowest BCUT2D eigenvalue weighted by Gasteiger charge is -2.13. The molecule has 1 heterocycles. The van der Waals surface area contributed by atoms with Crippen LogP contribution >= 0.6 is 11.3 Å². The summed E-state index contributed by atoms with van der Waals surface area (Å²) < 4.78 is 25.9. The third kappa shape index (κ3) is 8.98. The molecule has 8 nitrogen and oxygen atoms in total. The predicted molar refractivity (Wildman–Crippen MR) is 147 cm³/mol. The van der Waals surface area contributed by atoms with Crippen LogP contribution in [0.1, 0.15) is 67.1 Å². The highest BCUT2D eigenvalue weighted by Gasteiger charge is 2.18. The Kier molecular flexibility index (Phi) is 10.6. The summed E-state index contributed by atoms with van der Waals surface area (Å²) >= 11 is 1.17. The van der Waals surface area contributed by atoms with Crippen molar-refractivity contribution in [2.45, 2.75) is 63.3 Å². The molecular weight excluding hydrogens is 510 g/mol. The highest BCUT2D eigenvalue weighted by molar-refractivity contribution is 7.91. The molecule has 0 bridgehead atoms. The van der Waals surface area contributed by atoms with Crippen LogP contribution in [-0.2, 0) is 27.6 Å². The monoisotopic (exact) mass is 543 g/mol. The number of thiazole rings is 1. The van der Waals surface area contributed by atoms with Crippen LogP contribution in [-0.4, -0.2) is 36.1 Å². The fourth-order valence-electron chi connectivity index (χ4n) is 3.81. The van der Waals surface area contributed by atoms with Gasteiger partial charge in [0.05, 0.1) is 28.5 Å². The molecule has 1 aromatic heterocycles. The molecule has 0 aliphatic carbocycles. The van der Waals surface area contributed by atoms with Crippen molar-refractivity contribution in [3.05, 3.63) is 70.7 Å². The van der Waals surface area contributed by atoms with Crippen molar-refractivity contribution >= 4 is 43.9 Å². The second-order valence-electron chi connectivity index (χ2n) is 8.80. The van der Waals surface area contributed by atoms with Gasteiger partial charge in [-0.3, -0.25) is 14.9 Å². The van der Waals surface area contributed by atoms with Gasteiger partial charge in [-0.25, -0.2) is 13.4 Å². The van der Waals surface area contributed by atoms with Crippen molar-refractivity contribution in [2.75, 3.05) is 16.4 Å². The number of sulfone groups is 1. The van der Waals surface area contributed by atoms with E-state index in [2.05, 4.69) is 22.5 Å². The summed E-state index contributed by atoms with van der Waals surface area (Å²) in [7, 11) is -3.39. The van der Waals surface area contributed by atoms with Gasteiger partial charge < -0.3 is 10.4 Å². The van der Waals surface area contributed by atoms with Gasteiger partial charge in [0, 0.05) is 17.5 Å². The number of nitrogens with one attached hydrogen (secondary N) is 2. The number of anilines is 2. The summed E-state index contributed by atoms with van der Waals surface area (Å²) in [4.78, 5) is 27.7. The minimum atomic E-state index is -3.39. The van der Waals surface area contributed by atoms with Crippen LogP contribution in [0.25, 0.3) is 0 Å². The number of aliphatic carboxylic acids is 1. The van der Waals surface area contributed by atoms with Gasteiger partial charge in [0.2, 0.25) is 0 Å². The number of carboxylic acid groups (broad SMARTS) is 1. The molecule has 0 atom stereocenters. The maximum absolute atomic E-state index is 13.0. The molecular formula is C27H33N3O5S2. The Labute approximate surface area is 222 Å². The van der Waals surface area contributed by atoms with Gasteiger partial charge >= 0.3 is 5.97 Å². The quantitative estimate of drug-likeness (QED) is 0.208. The molecule has 0 spiro atoms. The summed E-state index contributed by atoms with van der Waals surface area (Å²) in [6.45, 7) is 2.56. The number of carbonyl (C=O) groups is 2. The Morgan fingerprint density at radius 2 is 1.68 bits per heavy atom. The van der Waals surface area contributed by atoms with Crippen LogP contribution in [0.3, 0.4) is 0 Å². The standard InChI is InChI=1S/C27H33N3O5S2/c1-2-3-4-5-6-9-16-37(34,35)24-11-8-7-10-23(24)28-18-20-12-14-21(15-13-20)26(33)30-27-29-22(19-36-27)17-25(31)32/h7-8,10-15,19,28H,2-6,9,16-18H2,1H3,(H,31,32)(H,29,30,33). The van der Waals surface area contributed by atoms with E-state index in [4.69, 9.17) is 5.11 Å². The van der Waals surface area contributed by atoms with Gasteiger partial charge in [-0.2, -0.15) is 0 Å². The molecule has 37 heavy (non-hydrogen) atoms. The zero-order valence-corrected chi connectivity index (χ0v) is 22.5. The predicted octanol–water partition coefficient (Wildman–Crippen LogP) is 5.77. The third-order valence-corrected chi connectivity index (χ3v) is 8.45. The Hall–Kier alpha value is -3.24. The number of aromatic nitrogens is 1. The van der Waals surface area contributed by atoms with Crippen molar-refractivity contribution in [1.29, 1.82) is 0 Å².